The Hall–Kier alpha value is -2.58. The zero-order chi connectivity index (χ0) is 16.7. The van der Waals surface area contributed by atoms with Crippen LogP contribution in [0.25, 0.3) is 0 Å². The third kappa shape index (κ3) is 4.97. The van der Waals surface area contributed by atoms with E-state index in [-0.39, 0.29) is 17.9 Å². The van der Waals surface area contributed by atoms with Gasteiger partial charge in [0.2, 0.25) is 0 Å². The second-order valence-electron chi connectivity index (χ2n) is 5.04. The molecule has 0 atom stereocenters. The third-order valence-corrected chi connectivity index (χ3v) is 3.38. The summed E-state index contributed by atoms with van der Waals surface area (Å²) in [7, 11) is 0. The summed E-state index contributed by atoms with van der Waals surface area (Å²) in [6.07, 6.45) is 4.66. The molecule has 0 saturated carbocycles. The molecule has 122 valence electrons. The van der Waals surface area contributed by atoms with Crippen LogP contribution in [0.3, 0.4) is 0 Å². The van der Waals surface area contributed by atoms with Gasteiger partial charge in [-0.1, -0.05) is 6.07 Å². The van der Waals surface area contributed by atoms with Crippen molar-refractivity contribution in [1.82, 2.24) is 14.5 Å². The van der Waals surface area contributed by atoms with Gasteiger partial charge in [-0.2, -0.15) is 0 Å². The molecule has 0 aliphatic carbocycles. The van der Waals surface area contributed by atoms with Crippen molar-refractivity contribution in [3.05, 3.63) is 68.9 Å². The number of pyridine rings is 2. The lowest BCUT2D eigenvalue weighted by Crippen LogP contribution is -2.32. The number of nitrogens with zero attached hydrogens (tertiary/aromatic N) is 4. The van der Waals surface area contributed by atoms with Gasteiger partial charge in [0, 0.05) is 50.7 Å². The average molecular weight is 318 g/mol. The lowest BCUT2D eigenvalue weighted by atomic mass is 10.2. The molecule has 0 radical (unpaired) electrons. The Bertz CT molecular complexity index is 702. The van der Waals surface area contributed by atoms with E-state index in [4.69, 9.17) is 5.11 Å². The van der Waals surface area contributed by atoms with Gasteiger partial charge in [-0.3, -0.25) is 24.8 Å². The lowest BCUT2D eigenvalue weighted by Gasteiger charge is -2.21. The molecule has 23 heavy (non-hydrogen) atoms. The maximum atomic E-state index is 11.8. The predicted molar refractivity (Wildman–Crippen MR) is 84.0 cm³/mol. The molecule has 0 unspecified atom stereocenters. The maximum Gasteiger partial charge on any atom is 0.285 e. The fourth-order valence-corrected chi connectivity index (χ4v) is 2.21. The molecule has 8 nitrogen and oxygen atoms in total. The molecular formula is C15H18N4O4. The normalized spacial score (nSPS) is 10.9. The van der Waals surface area contributed by atoms with Gasteiger partial charge in [-0.25, -0.2) is 0 Å². The molecule has 0 aromatic carbocycles. The lowest BCUT2D eigenvalue weighted by molar-refractivity contribution is -0.385. The van der Waals surface area contributed by atoms with E-state index >= 15 is 0 Å². The van der Waals surface area contributed by atoms with E-state index in [0.717, 1.165) is 5.56 Å². The highest BCUT2D eigenvalue weighted by Gasteiger charge is 2.10. The summed E-state index contributed by atoms with van der Waals surface area (Å²) in [6, 6.07) is 6.14. The number of aromatic nitrogens is 2. The standard InChI is InChI=1S/C15H18N4O4/c20-9-8-17(11-13-2-1-5-16-10-13)6-7-18-12-14(19(22)23)3-4-15(18)21/h1-5,10,12,20H,6-9,11H2. The first-order valence-electron chi connectivity index (χ1n) is 7.17. The first-order valence-corrected chi connectivity index (χ1v) is 7.17. The molecule has 0 spiro atoms. The highest BCUT2D eigenvalue weighted by atomic mass is 16.6. The van der Waals surface area contributed by atoms with Crippen molar-refractivity contribution < 1.29 is 10.0 Å². The summed E-state index contributed by atoms with van der Waals surface area (Å²) in [5.41, 5.74) is 0.582. The van der Waals surface area contributed by atoms with Crippen LogP contribution >= 0.6 is 0 Å². The minimum Gasteiger partial charge on any atom is -0.395 e. The number of hydrogen-bond acceptors (Lipinski definition) is 6. The Morgan fingerprint density at radius 1 is 1.30 bits per heavy atom. The van der Waals surface area contributed by atoms with Crippen molar-refractivity contribution >= 4 is 5.69 Å². The molecular weight excluding hydrogens is 300 g/mol. The number of hydrogen-bond donors (Lipinski definition) is 1. The largest absolute Gasteiger partial charge is 0.395 e. The fourth-order valence-electron chi connectivity index (χ4n) is 2.21. The van der Waals surface area contributed by atoms with Gasteiger partial charge < -0.3 is 9.67 Å². The van der Waals surface area contributed by atoms with E-state index in [1.165, 1.54) is 22.9 Å². The number of aliphatic hydroxyl groups excluding tert-OH is 1. The molecule has 0 aliphatic heterocycles. The summed E-state index contributed by atoms with van der Waals surface area (Å²) in [6.45, 7) is 1.80. The Balaban J connectivity index is 2.05. The van der Waals surface area contributed by atoms with Crippen molar-refractivity contribution in [3.8, 4) is 0 Å². The minimum atomic E-state index is -0.531. The van der Waals surface area contributed by atoms with Crippen LogP contribution in [0, 0.1) is 10.1 Å². The molecule has 2 heterocycles. The predicted octanol–water partition coefficient (Wildman–Crippen LogP) is 0.646. The first kappa shape index (κ1) is 16.8. The van der Waals surface area contributed by atoms with E-state index in [1.807, 2.05) is 17.0 Å². The van der Waals surface area contributed by atoms with Crippen LogP contribution in [0.4, 0.5) is 5.69 Å². The summed E-state index contributed by atoms with van der Waals surface area (Å²) in [5, 5.41) is 20.0. The van der Waals surface area contributed by atoms with Gasteiger partial charge in [0.25, 0.3) is 11.2 Å². The number of rotatable bonds is 8. The van der Waals surface area contributed by atoms with Crippen LogP contribution in [0.5, 0.6) is 0 Å². The molecule has 2 aromatic rings. The van der Waals surface area contributed by atoms with E-state index in [0.29, 0.717) is 26.2 Å². The average Bonchev–Trinajstić information content (AvgIpc) is 2.55. The van der Waals surface area contributed by atoms with Gasteiger partial charge in [-0.15, -0.1) is 0 Å². The topological polar surface area (TPSA) is 101 Å². The van der Waals surface area contributed by atoms with Crippen molar-refractivity contribution in [1.29, 1.82) is 0 Å². The summed E-state index contributed by atoms with van der Waals surface area (Å²) in [5.74, 6) is 0. The Kier molecular flexibility index (Phi) is 5.95. The van der Waals surface area contributed by atoms with Crippen LogP contribution in [0.15, 0.2) is 47.7 Å². The van der Waals surface area contributed by atoms with E-state index in [9.17, 15) is 14.9 Å². The second kappa shape index (κ2) is 8.16. The van der Waals surface area contributed by atoms with Gasteiger partial charge in [0.1, 0.15) is 0 Å². The quantitative estimate of drug-likeness (QED) is 0.566. The zero-order valence-electron chi connectivity index (χ0n) is 12.5. The fraction of sp³-hybridized carbons (Fsp3) is 0.333. The van der Waals surface area contributed by atoms with Crippen molar-refractivity contribution in [2.24, 2.45) is 0 Å². The monoisotopic (exact) mass is 318 g/mol. The number of nitro groups is 1. The van der Waals surface area contributed by atoms with Crippen molar-refractivity contribution in [2.45, 2.75) is 13.1 Å². The molecule has 2 aromatic heterocycles. The Labute approximate surface area is 132 Å². The second-order valence-corrected chi connectivity index (χ2v) is 5.04. The van der Waals surface area contributed by atoms with Crippen LogP contribution in [0.2, 0.25) is 0 Å². The Morgan fingerprint density at radius 3 is 2.78 bits per heavy atom. The summed E-state index contributed by atoms with van der Waals surface area (Å²) in [4.78, 5) is 28.0. The highest BCUT2D eigenvalue weighted by molar-refractivity contribution is 5.24. The van der Waals surface area contributed by atoms with Crippen LogP contribution in [-0.2, 0) is 13.1 Å². The van der Waals surface area contributed by atoms with Crippen LogP contribution in [0.1, 0.15) is 5.56 Å². The molecule has 0 aliphatic rings. The van der Waals surface area contributed by atoms with E-state index in [1.54, 1.807) is 12.4 Å². The highest BCUT2D eigenvalue weighted by Crippen LogP contribution is 2.07. The maximum absolute atomic E-state index is 11.8. The molecule has 8 heteroatoms. The Morgan fingerprint density at radius 2 is 2.13 bits per heavy atom. The zero-order valence-corrected chi connectivity index (χ0v) is 12.5. The van der Waals surface area contributed by atoms with Crippen molar-refractivity contribution in [3.63, 3.8) is 0 Å². The molecule has 0 saturated heterocycles. The smallest absolute Gasteiger partial charge is 0.285 e. The third-order valence-electron chi connectivity index (χ3n) is 3.38. The summed E-state index contributed by atoms with van der Waals surface area (Å²) < 4.78 is 1.31. The molecule has 0 bridgehead atoms. The SMILES string of the molecule is O=c1ccc([N+](=O)[O-])cn1CCN(CCO)Cc1cccnc1. The van der Waals surface area contributed by atoms with Crippen LogP contribution < -0.4 is 5.56 Å². The van der Waals surface area contributed by atoms with Gasteiger partial charge in [-0.05, 0) is 11.6 Å². The van der Waals surface area contributed by atoms with Crippen LogP contribution in [-0.4, -0.2) is 44.2 Å². The van der Waals surface area contributed by atoms with E-state index in [2.05, 4.69) is 4.98 Å². The number of aliphatic hydroxyl groups is 1. The van der Waals surface area contributed by atoms with Gasteiger partial charge in [0.05, 0.1) is 17.7 Å². The van der Waals surface area contributed by atoms with Gasteiger partial charge >= 0.3 is 0 Å². The minimum absolute atomic E-state index is 0.00982. The first-order chi connectivity index (χ1) is 11.1. The van der Waals surface area contributed by atoms with E-state index < -0.39 is 4.92 Å². The molecule has 1 N–H and O–H groups in total. The molecule has 0 amide bonds. The van der Waals surface area contributed by atoms with Gasteiger partial charge in [0.15, 0.2) is 0 Å². The molecule has 0 fully saturated rings. The van der Waals surface area contributed by atoms with Crippen molar-refractivity contribution in [2.75, 3.05) is 19.7 Å². The molecule has 2 rings (SSSR count). The summed E-state index contributed by atoms with van der Waals surface area (Å²) >= 11 is 0.